The van der Waals surface area contributed by atoms with Crippen LogP contribution in [0.2, 0.25) is 0 Å². The maximum atomic E-state index is 9.11. The van der Waals surface area contributed by atoms with Gasteiger partial charge in [0.25, 0.3) is 0 Å². The lowest BCUT2D eigenvalue weighted by Gasteiger charge is -2.15. The van der Waals surface area contributed by atoms with Gasteiger partial charge in [0, 0.05) is 6.61 Å². The van der Waals surface area contributed by atoms with E-state index >= 15 is 0 Å². The van der Waals surface area contributed by atoms with Gasteiger partial charge < -0.3 is 15.2 Å². The Kier molecular flexibility index (Phi) is 13.8. The third-order valence-corrected chi connectivity index (χ3v) is 2.86. The first kappa shape index (κ1) is 16.9. The highest BCUT2D eigenvalue weighted by atomic mass is 16.5. The Morgan fingerprint density at radius 2 is 1.71 bits per heavy atom. The van der Waals surface area contributed by atoms with Crippen LogP contribution in [-0.2, 0) is 4.74 Å². The van der Waals surface area contributed by atoms with Gasteiger partial charge in [-0.1, -0.05) is 46.0 Å². The number of hydrogen-bond donors (Lipinski definition) is 2. The molecule has 3 heteroatoms. The molecule has 0 fully saturated rings. The van der Waals surface area contributed by atoms with Crippen molar-refractivity contribution in [3.8, 4) is 0 Å². The Bertz CT molecular complexity index is 142. The fourth-order valence-corrected chi connectivity index (χ4v) is 1.73. The van der Waals surface area contributed by atoms with Crippen molar-refractivity contribution in [1.82, 2.24) is 5.32 Å². The predicted octanol–water partition coefficient (Wildman–Crippen LogP) is 2.72. The Morgan fingerprint density at radius 3 is 2.35 bits per heavy atom. The van der Waals surface area contributed by atoms with Gasteiger partial charge in [-0.25, -0.2) is 0 Å². The summed E-state index contributed by atoms with van der Waals surface area (Å²) in [6, 6.07) is 0.107. The van der Waals surface area contributed by atoms with Crippen LogP contribution in [0.25, 0.3) is 0 Å². The van der Waals surface area contributed by atoms with Gasteiger partial charge in [-0.15, -0.1) is 0 Å². The minimum atomic E-state index is 0.107. The lowest BCUT2D eigenvalue weighted by molar-refractivity contribution is 0.0862. The number of aliphatic hydroxyl groups excluding tert-OH is 1. The van der Waals surface area contributed by atoms with E-state index in [1.54, 1.807) is 0 Å². The minimum Gasteiger partial charge on any atom is -0.395 e. The van der Waals surface area contributed by atoms with Crippen LogP contribution in [0.1, 0.15) is 58.8 Å². The van der Waals surface area contributed by atoms with Gasteiger partial charge in [-0.2, -0.15) is 0 Å². The van der Waals surface area contributed by atoms with Crippen molar-refractivity contribution in [1.29, 1.82) is 0 Å². The number of unbranched alkanes of at least 4 members (excludes halogenated alkanes) is 5. The first-order chi connectivity index (χ1) is 8.35. The molecule has 0 amide bonds. The number of aliphatic hydroxyl groups is 1. The molecule has 0 aromatic carbocycles. The molecule has 0 aromatic heterocycles. The van der Waals surface area contributed by atoms with Gasteiger partial charge in [-0.3, -0.25) is 0 Å². The third kappa shape index (κ3) is 12.1. The third-order valence-electron chi connectivity index (χ3n) is 2.86. The first-order valence-electron chi connectivity index (χ1n) is 7.27. The van der Waals surface area contributed by atoms with Gasteiger partial charge in [0.15, 0.2) is 0 Å². The van der Waals surface area contributed by atoms with Crippen molar-refractivity contribution in [3.05, 3.63) is 0 Å². The molecule has 0 aliphatic carbocycles. The summed E-state index contributed by atoms with van der Waals surface area (Å²) in [5.74, 6) is 0. The highest BCUT2D eigenvalue weighted by molar-refractivity contribution is 4.63. The lowest BCUT2D eigenvalue weighted by atomic mass is 10.1. The van der Waals surface area contributed by atoms with Crippen molar-refractivity contribution in [2.75, 3.05) is 26.4 Å². The van der Waals surface area contributed by atoms with E-state index in [4.69, 9.17) is 9.84 Å². The van der Waals surface area contributed by atoms with Crippen LogP contribution in [0.3, 0.4) is 0 Å². The second-order valence-corrected chi connectivity index (χ2v) is 4.68. The number of rotatable bonds is 13. The lowest BCUT2D eigenvalue weighted by Crippen LogP contribution is -2.37. The Hall–Kier alpha value is -0.120. The van der Waals surface area contributed by atoms with E-state index in [1.165, 1.54) is 32.1 Å². The van der Waals surface area contributed by atoms with Gasteiger partial charge in [0.2, 0.25) is 0 Å². The largest absolute Gasteiger partial charge is 0.395 e. The molecule has 0 spiro atoms. The van der Waals surface area contributed by atoms with Crippen molar-refractivity contribution in [2.24, 2.45) is 0 Å². The zero-order chi connectivity index (χ0) is 12.8. The van der Waals surface area contributed by atoms with E-state index in [9.17, 15) is 0 Å². The SMILES string of the molecule is CCCCCCCCOCC(CO)NCCC. The molecule has 2 N–H and O–H groups in total. The molecule has 0 rings (SSSR count). The summed E-state index contributed by atoms with van der Waals surface area (Å²) in [6.45, 7) is 6.93. The van der Waals surface area contributed by atoms with Gasteiger partial charge in [0.1, 0.15) is 0 Å². The summed E-state index contributed by atoms with van der Waals surface area (Å²) >= 11 is 0. The summed E-state index contributed by atoms with van der Waals surface area (Å²) in [7, 11) is 0. The molecule has 1 unspecified atom stereocenters. The van der Waals surface area contributed by atoms with Crippen molar-refractivity contribution in [2.45, 2.75) is 64.8 Å². The van der Waals surface area contributed by atoms with Crippen LogP contribution in [0, 0.1) is 0 Å². The highest BCUT2D eigenvalue weighted by Gasteiger charge is 2.05. The van der Waals surface area contributed by atoms with Crippen LogP contribution < -0.4 is 5.32 Å². The average molecular weight is 245 g/mol. The maximum absolute atomic E-state index is 9.11. The molecular weight excluding hydrogens is 214 g/mol. The minimum absolute atomic E-state index is 0.107. The van der Waals surface area contributed by atoms with Crippen LogP contribution in [0.15, 0.2) is 0 Å². The summed E-state index contributed by atoms with van der Waals surface area (Å²) in [5, 5.41) is 12.4. The van der Waals surface area contributed by atoms with Crippen molar-refractivity contribution >= 4 is 0 Å². The van der Waals surface area contributed by atoms with E-state index < -0.39 is 0 Å². The predicted molar refractivity (Wildman–Crippen MR) is 73.4 cm³/mol. The topological polar surface area (TPSA) is 41.5 Å². The van der Waals surface area contributed by atoms with E-state index in [2.05, 4.69) is 19.2 Å². The molecular formula is C14H31NO2. The molecule has 0 aliphatic heterocycles. The van der Waals surface area contributed by atoms with Gasteiger partial charge >= 0.3 is 0 Å². The molecule has 0 aliphatic rings. The molecule has 0 saturated heterocycles. The van der Waals surface area contributed by atoms with Crippen LogP contribution >= 0.6 is 0 Å². The molecule has 104 valence electrons. The molecule has 0 radical (unpaired) electrons. The second-order valence-electron chi connectivity index (χ2n) is 4.68. The molecule has 0 heterocycles. The number of ether oxygens (including phenoxy) is 1. The summed E-state index contributed by atoms with van der Waals surface area (Å²) in [5.41, 5.74) is 0. The fraction of sp³-hybridized carbons (Fsp3) is 1.00. The molecule has 0 aromatic rings. The zero-order valence-corrected chi connectivity index (χ0v) is 11.7. The molecule has 1 atom stereocenters. The van der Waals surface area contributed by atoms with E-state index in [0.717, 1.165) is 26.0 Å². The Morgan fingerprint density at radius 1 is 1.00 bits per heavy atom. The highest BCUT2D eigenvalue weighted by Crippen LogP contribution is 2.04. The average Bonchev–Trinajstić information content (AvgIpc) is 2.36. The second kappa shape index (κ2) is 13.9. The standard InChI is InChI=1S/C14H31NO2/c1-3-5-6-7-8-9-11-17-13-14(12-16)15-10-4-2/h14-16H,3-13H2,1-2H3. The van der Waals surface area contributed by atoms with Crippen LogP contribution in [-0.4, -0.2) is 37.5 Å². The fourth-order valence-electron chi connectivity index (χ4n) is 1.73. The van der Waals surface area contributed by atoms with Gasteiger partial charge in [0.05, 0.1) is 19.3 Å². The van der Waals surface area contributed by atoms with Crippen molar-refractivity contribution in [3.63, 3.8) is 0 Å². The monoisotopic (exact) mass is 245 g/mol. The number of hydrogen-bond acceptors (Lipinski definition) is 3. The first-order valence-corrected chi connectivity index (χ1v) is 7.27. The normalized spacial score (nSPS) is 12.9. The summed E-state index contributed by atoms with van der Waals surface area (Å²) in [4.78, 5) is 0. The van der Waals surface area contributed by atoms with Gasteiger partial charge in [-0.05, 0) is 19.4 Å². The Labute approximate surface area is 107 Å². The van der Waals surface area contributed by atoms with E-state index in [-0.39, 0.29) is 12.6 Å². The quantitative estimate of drug-likeness (QED) is 0.490. The molecule has 0 saturated carbocycles. The van der Waals surface area contributed by atoms with E-state index in [0.29, 0.717) is 6.61 Å². The smallest absolute Gasteiger partial charge is 0.0642 e. The molecule has 3 nitrogen and oxygen atoms in total. The summed E-state index contributed by atoms with van der Waals surface area (Å²) in [6.07, 6.45) is 8.85. The molecule has 17 heavy (non-hydrogen) atoms. The van der Waals surface area contributed by atoms with E-state index in [1.807, 2.05) is 0 Å². The summed E-state index contributed by atoms with van der Waals surface area (Å²) < 4.78 is 5.57. The van der Waals surface area contributed by atoms with Crippen LogP contribution in [0.4, 0.5) is 0 Å². The van der Waals surface area contributed by atoms with Crippen molar-refractivity contribution < 1.29 is 9.84 Å². The number of nitrogens with one attached hydrogen (secondary N) is 1. The Balaban J connectivity index is 3.19. The van der Waals surface area contributed by atoms with Crippen LogP contribution in [0.5, 0.6) is 0 Å². The molecule has 0 bridgehead atoms. The maximum Gasteiger partial charge on any atom is 0.0642 e. The zero-order valence-electron chi connectivity index (χ0n) is 11.7.